The lowest BCUT2D eigenvalue weighted by atomic mass is 10.2. The van der Waals surface area contributed by atoms with Crippen molar-refractivity contribution in [1.82, 2.24) is 0 Å². The largest absolute Gasteiger partial charge is 0.477 e. The number of carboxylic acid groups (broad SMARTS) is 1. The minimum Gasteiger partial charge on any atom is -0.477 e. The monoisotopic (exact) mass is 345 g/mol. The van der Waals surface area contributed by atoms with Crippen LogP contribution in [0.5, 0.6) is 0 Å². The summed E-state index contributed by atoms with van der Waals surface area (Å²) in [5, 5.41) is 8.77. The standard InChI is InChI=1S/C15H11F4NO2S/c1-20(2)7-3-5-8(6-4-7)23-14-11(17)9(15(21)22)10(16)12(18)13(14)19/h3-6H,1-2H3,(H,21,22). The van der Waals surface area contributed by atoms with E-state index in [1.165, 1.54) is 12.1 Å². The number of hydrogen-bond donors (Lipinski definition) is 1. The predicted molar refractivity (Wildman–Crippen MR) is 78.1 cm³/mol. The van der Waals surface area contributed by atoms with Crippen LogP contribution in [0.1, 0.15) is 10.4 Å². The van der Waals surface area contributed by atoms with Gasteiger partial charge in [0.25, 0.3) is 0 Å². The van der Waals surface area contributed by atoms with Gasteiger partial charge in [-0.3, -0.25) is 0 Å². The van der Waals surface area contributed by atoms with E-state index in [9.17, 15) is 22.4 Å². The van der Waals surface area contributed by atoms with Crippen LogP contribution in [0.3, 0.4) is 0 Å². The smallest absolute Gasteiger partial charge is 0.341 e. The van der Waals surface area contributed by atoms with Crippen LogP contribution in [0, 0.1) is 23.3 Å². The average Bonchev–Trinajstić information content (AvgIpc) is 2.49. The third-order valence-corrected chi connectivity index (χ3v) is 4.08. The highest BCUT2D eigenvalue weighted by molar-refractivity contribution is 7.99. The maximum absolute atomic E-state index is 14.1. The third-order valence-electron chi connectivity index (χ3n) is 3.01. The minimum atomic E-state index is -2.06. The van der Waals surface area contributed by atoms with Crippen LogP contribution in [0.2, 0.25) is 0 Å². The van der Waals surface area contributed by atoms with Gasteiger partial charge in [0.15, 0.2) is 23.3 Å². The molecule has 2 rings (SSSR count). The molecule has 1 N–H and O–H groups in total. The molecule has 8 heteroatoms. The van der Waals surface area contributed by atoms with Crippen molar-refractivity contribution in [3.8, 4) is 0 Å². The summed E-state index contributed by atoms with van der Waals surface area (Å²) in [5.74, 6) is -9.48. The van der Waals surface area contributed by atoms with E-state index in [4.69, 9.17) is 5.11 Å². The lowest BCUT2D eigenvalue weighted by Crippen LogP contribution is -2.11. The Morgan fingerprint density at radius 1 is 0.957 bits per heavy atom. The van der Waals surface area contributed by atoms with Gasteiger partial charge >= 0.3 is 5.97 Å². The number of anilines is 1. The molecule has 0 spiro atoms. The molecule has 23 heavy (non-hydrogen) atoms. The molecule has 122 valence electrons. The number of carboxylic acids is 1. The number of hydrogen-bond acceptors (Lipinski definition) is 3. The first-order valence-electron chi connectivity index (χ1n) is 6.28. The summed E-state index contributed by atoms with van der Waals surface area (Å²) < 4.78 is 54.7. The topological polar surface area (TPSA) is 40.5 Å². The van der Waals surface area contributed by atoms with E-state index < -0.39 is 39.7 Å². The van der Waals surface area contributed by atoms with E-state index in [1.54, 1.807) is 31.1 Å². The second-order valence-corrected chi connectivity index (χ2v) is 5.84. The molecule has 2 aromatic rings. The van der Waals surface area contributed by atoms with Crippen molar-refractivity contribution in [2.75, 3.05) is 19.0 Å². The number of benzene rings is 2. The van der Waals surface area contributed by atoms with Crippen molar-refractivity contribution < 1.29 is 27.5 Å². The molecule has 0 aliphatic rings. The van der Waals surface area contributed by atoms with Gasteiger partial charge in [-0.2, -0.15) is 0 Å². The zero-order chi connectivity index (χ0) is 17.3. The summed E-state index contributed by atoms with van der Waals surface area (Å²) in [5.41, 5.74) is -0.692. The fourth-order valence-electron chi connectivity index (χ4n) is 1.82. The highest BCUT2D eigenvalue weighted by Crippen LogP contribution is 2.36. The minimum absolute atomic E-state index is 0.343. The van der Waals surface area contributed by atoms with E-state index in [1.807, 2.05) is 0 Å². The van der Waals surface area contributed by atoms with Crippen molar-refractivity contribution in [2.45, 2.75) is 9.79 Å². The Hall–Kier alpha value is -2.22. The molecule has 0 aliphatic carbocycles. The van der Waals surface area contributed by atoms with Gasteiger partial charge in [-0.05, 0) is 24.3 Å². The van der Waals surface area contributed by atoms with E-state index in [-0.39, 0.29) is 0 Å². The van der Waals surface area contributed by atoms with Crippen LogP contribution in [0.4, 0.5) is 23.2 Å². The normalized spacial score (nSPS) is 10.7. The SMILES string of the molecule is CN(C)c1ccc(Sc2c(F)c(F)c(F)c(C(=O)O)c2F)cc1. The van der Waals surface area contributed by atoms with Crippen molar-refractivity contribution in [3.05, 3.63) is 53.1 Å². The summed E-state index contributed by atoms with van der Waals surface area (Å²) in [6.07, 6.45) is 0. The summed E-state index contributed by atoms with van der Waals surface area (Å²) in [6.45, 7) is 0. The van der Waals surface area contributed by atoms with Crippen LogP contribution in [-0.4, -0.2) is 25.2 Å². The quantitative estimate of drug-likeness (QED) is 0.513. The lowest BCUT2D eigenvalue weighted by molar-refractivity contribution is 0.0683. The lowest BCUT2D eigenvalue weighted by Gasteiger charge is -2.13. The molecule has 0 bridgehead atoms. The van der Waals surface area contributed by atoms with E-state index in [0.717, 1.165) is 5.69 Å². The molecule has 2 aromatic carbocycles. The van der Waals surface area contributed by atoms with Crippen molar-refractivity contribution >= 4 is 23.4 Å². The fourth-order valence-corrected chi connectivity index (χ4v) is 2.70. The van der Waals surface area contributed by atoms with Gasteiger partial charge in [0, 0.05) is 24.7 Å². The number of nitrogens with zero attached hydrogens (tertiary/aromatic N) is 1. The van der Waals surface area contributed by atoms with E-state index in [0.29, 0.717) is 16.7 Å². The van der Waals surface area contributed by atoms with Crippen LogP contribution < -0.4 is 4.90 Å². The van der Waals surface area contributed by atoms with Gasteiger partial charge in [-0.15, -0.1) is 0 Å². The molecule has 0 saturated heterocycles. The van der Waals surface area contributed by atoms with Crippen molar-refractivity contribution in [3.63, 3.8) is 0 Å². The second-order valence-electron chi connectivity index (χ2n) is 4.76. The molecule has 0 aromatic heterocycles. The Labute approximate surface area is 133 Å². The maximum atomic E-state index is 14.1. The Morgan fingerprint density at radius 3 is 2.00 bits per heavy atom. The molecule has 0 radical (unpaired) electrons. The Bertz CT molecular complexity index is 763. The summed E-state index contributed by atoms with van der Waals surface area (Å²) in [6, 6.07) is 6.38. The van der Waals surface area contributed by atoms with Crippen LogP contribution in [0.15, 0.2) is 34.1 Å². The molecule has 0 atom stereocenters. The van der Waals surface area contributed by atoms with Gasteiger partial charge in [0.05, 0.1) is 4.90 Å². The fraction of sp³-hybridized carbons (Fsp3) is 0.133. The van der Waals surface area contributed by atoms with Crippen LogP contribution in [-0.2, 0) is 0 Å². The number of carbonyl (C=O) groups is 1. The molecule has 0 amide bonds. The van der Waals surface area contributed by atoms with Crippen LogP contribution >= 0.6 is 11.8 Å². The number of aromatic carboxylic acids is 1. The summed E-state index contributed by atoms with van der Waals surface area (Å²) >= 11 is 0.477. The zero-order valence-electron chi connectivity index (χ0n) is 12.0. The predicted octanol–water partition coefficient (Wildman–Crippen LogP) is 4.16. The van der Waals surface area contributed by atoms with E-state index in [2.05, 4.69) is 0 Å². The Morgan fingerprint density at radius 2 is 1.52 bits per heavy atom. The van der Waals surface area contributed by atoms with Crippen LogP contribution in [0.25, 0.3) is 0 Å². The number of halogens is 4. The molecule has 0 unspecified atom stereocenters. The number of rotatable bonds is 4. The highest BCUT2D eigenvalue weighted by Gasteiger charge is 2.29. The Kier molecular flexibility index (Phi) is 4.84. The van der Waals surface area contributed by atoms with Crippen molar-refractivity contribution in [2.24, 2.45) is 0 Å². The first kappa shape index (κ1) is 17.1. The molecule has 0 fully saturated rings. The van der Waals surface area contributed by atoms with Crippen molar-refractivity contribution in [1.29, 1.82) is 0 Å². The summed E-state index contributed by atoms with van der Waals surface area (Å²) in [4.78, 5) is 12.1. The molecule has 0 heterocycles. The van der Waals surface area contributed by atoms with Gasteiger partial charge in [-0.25, -0.2) is 22.4 Å². The van der Waals surface area contributed by atoms with E-state index >= 15 is 0 Å². The molecule has 0 saturated carbocycles. The third kappa shape index (κ3) is 3.26. The first-order valence-corrected chi connectivity index (χ1v) is 7.10. The zero-order valence-corrected chi connectivity index (χ0v) is 12.8. The van der Waals surface area contributed by atoms with Gasteiger partial charge in [-0.1, -0.05) is 11.8 Å². The van der Waals surface area contributed by atoms with Gasteiger partial charge in [0.1, 0.15) is 5.56 Å². The average molecular weight is 345 g/mol. The molecule has 0 aliphatic heterocycles. The molecule has 3 nitrogen and oxygen atoms in total. The highest BCUT2D eigenvalue weighted by atomic mass is 32.2. The second kappa shape index (κ2) is 6.49. The Balaban J connectivity index is 2.49. The summed E-state index contributed by atoms with van der Waals surface area (Å²) in [7, 11) is 3.60. The molecular formula is C15H11F4NO2S. The first-order chi connectivity index (χ1) is 10.7. The maximum Gasteiger partial charge on any atom is 0.341 e. The van der Waals surface area contributed by atoms with Gasteiger partial charge < -0.3 is 10.0 Å². The van der Waals surface area contributed by atoms with Gasteiger partial charge in [0.2, 0.25) is 0 Å². The molecular weight excluding hydrogens is 334 g/mol.